The SMILES string of the molecule is CC(CN1CCSCC1S(C)(=O)=O)C(N)=NO. The van der Waals surface area contributed by atoms with Crippen LogP contribution in [0.1, 0.15) is 6.92 Å². The lowest BCUT2D eigenvalue weighted by atomic mass is 10.1. The Balaban J connectivity index is 2.73. The fraction of sp³-hybridized carbons (Fsp3) is 0.889. The zero-order valence-corrected chi connectivity index (χ0v) is 11.7. The van der Waals surface area contributed by atoms with E-state index in [1.165, 1.54) is 6.26 Å². The van der Waals surface area contributed by atoms with Gasteiger partial charge in [-0.3, -0.25) is 4.90 Å². The van der Waals surface area contributed by atoms with Crippen molar-refractivity contribution in [2.24, 2.45) is 16.8 Å². The average Bonchev–Trinajstić information content (AvgIpc) is 2.27. The van der Waals surface area contributed by atoms with E-state index >= 15 is 0 Å². The summed E-state index contributed by atoms with van der Waals surface area (Å²) in [5, 5.41) is 11.1. The van der Waals surface area contributed by atoms with E-state index in [4.69, 9.17) is 10.9 Å². The molecule has 0 saturated carbocycles. The highest BCUT2D eigenvalue weighted by Gasteiger charge is 2.32. The van der Waals surface area contributed by atoms with E-state index in [1.807, 2.05) is 11.8 Å². The molecule has 2 atom stereocenters. The number of thioether (sulfide) groups is 1. The largest absolute Gasteiger partial charge is 0.409 e. The van der Waals surface area contributed by atoms with Gasteiger partial charge in [0.15, 0.2) is 9.84 Å². The molecule has 0 aromatic heterocycles. The zero-order chi connectivity index (χ0) is 13.1. The monoisotopic (exact) mass is 281 g/mol. The van der Waals surface area contributed by atoms with Gasteiger partial charge < -0.3 is 10.9 Å². The van der Waals surface area contributed by atoms with Crippen molar-refractivity contribution in [1.29, 1.82) is 0 Å². The lowest BCUT2D eigenvalue weighted by Gasteiger charge is -2.35. The Labute approximate surface area is 106 Å². The Kier molecular flexibility index (Phi) is 5.08. The molecule has 0 aliphatic carbocycles. The minimum atomic E-state index is -3.09. The highest BCUT2D eigenvalue weighted by Crippen LogP contribution is 2.21. The molecular formula is C9H19N3O3S2. The molecule has 0 aromatic carbocycles. The minimum absolute atomic E-state index is 0.135. The number of sulfone groups is 1. The van der Waals surface area contributed by atoms with Gasteiger partial charge in [-0.05, 0) is 0 Å². The van der Waals surface area contributed by atoms with Crippen molar-refractivity contribution in [1.82, 2.24) is 4.90 Å². The van der Waals surface area contributed by atoms with Crippen molar-refractivity contribution in [3.63, 3.8) is 0 Å². The first-order valence-corrected chi connectivity index (χ1v) is 8.45. The predicted molar refractivity (Wildman–Crippen MR) is 70.1 cm³/mol. The Morgan fingerprint density at radius 2 is 2.35 bits per heavy atom. The van der Waals surface area contributed by atoms with Crippen molar-refractivity contribution in [2.45, 2.75) is 12.3 Å². The van der Waals surface area contributed by atoms with Gasteiger partial charge in [-0.2, -0.15) is 11.8 Å². The molecule has 0 amide bonds. The van der Waals surface area contributed by atoms with Crippen LogP contribution < -0.4 is 5.73 Å². The van der Waals surface area contributed by atoms with Crippen LogP contribution in [0.3, 0.4) is 0 Å². The fourth-order valence-electron chi connectivity index (χ4n) is 1.76. The molecule has 1 fully saturated rings. The third kappa shape index (κ3) is 4.04. The second-order valence-electron chi connectivity index (χ2n) is 4.28. The van der Waals surface area contributed by atoms with Gasteiger partial charge in [0, 0.05) is 36.8 Å². The lowest BCUT2D eigenvalue weighted by Crippen LogP contribution is -2.49. The van der Waals surface area contributed by atoms with Crippen LogP contribution in [0.15, 0.2) is 5.16 Å². The summed E-state index contributed by atoms with van der Waals surface area (Å²) in [5.41, 5.74) is 5.51. The maximum Gasteiger partial charge on any atom is 0.164 e. The van der Waals surface area contributed by atoms with E-state index in [0.717, 1.165) is 5.75 Å². The van der Waals surface area contributed by atoms with Crippen LogP contribution in [0.4, 0.5) is 0 Å². The second-order valence-corrected chi connectivity index (χ2v) is 7.63. The van der Waals surface area contributed by atoms with Crippen LogP contribution in [0.2, 0.25) is 0 Å². The first-order chi connectivity index (χ1) is 7.86. The maximum absolute atomic E-state index is 11.7. The van der Waals surface area contributed by atoms with E-state index in [-0.39, 0.29) is 11.8 Å². The number of nitrogens with two attached hydrogens (primary N) is 1. The molecule has 1 rings (SSSR count). The van der Waals surface area contributed by atoms with Crippen molar-refractivity contribution in [2.75, 3.05) is 30.9 Å². The molecule has 6 nitrogen and oxygen atoms in total. The third-order valence-corrected chi connectivity index (χ3v) is 5.50. The number of nitrogens with zero attached hydrogens (tertiary/aromatic N) is 2. The third-order valence-electron chi connectivity index (χ3n) is 2.81. The van der Waals surface area contributed by atoms with E-state index < -0.39 is 15.2 Å². The molecule has 1 saturated heterocycles. The first-order valence-electron chi connectivity index (χ1n) is 5.34. The van der Waals surface area contributed by atoms with Crippen LogP contribution in [0, 0.1) is 5.92 Å². The van der Waals surface area contributed by atoms with Crippen LogP contribution in [-0.2, 0) is 9.84 Å². The molecule has 100 valence electrons. The van der Waals surface area contributed by atoms with Gasteiger partial charge in [-0.15, -0.1) is 0 Å². The molecule has 8 heteroatoms. The van der Waals surface area contributed by atoms with Crippen LogP contribution in [0.5, 0.6) is 0 Å². The number of amidine groups is 1. The molecular weight excluding hydrogens is 262 g/mol. The van der Waals surface area contributed by atoms with E-state index in [9.17, 15) is 8.42 Å². The zero-order valence-electron chi connectivity index (χ0n) is 10.0. The van der Waals surface area contributed by atoms with E-state index in [2.05, 4.69) is 5.16 Å². The van der Waals surface area contributed by atoms with Crippen molar-refractivity contribution < 1.29 is 13.6 Å². The number of hydrogen-bond acceptors (Lipinski definition) is 6. The van der Waals surface area contributed by atoms with E-state index in [1.54, 1.807) is 11.8 Å². The summed E-state index contributed by atoms with van der Waals surface area (Å²) in [4.78, 5) is 1.90. The maximum atomic E-state index is 11.7. The number of hydrogen-bond donors (Lipinski definition) is 2. The van der Waals surface area contributed by atoms with Gasteiger partial charge in [-0.1, -0.05) is 12.1 Å². The average molecular weight is 281 g/mol. The van der Waals surface area contributed by atoms with Crippen LogP contribution >= 0.6 is 11.8 Å². The lowest BCUT2D eigenvalue weighted by molar-refractivity contribution is 0.250. The molecule has 0 spiro atoms. The Morgan fingerprint density at radius 1 is 1.71 bits per heavy atom. The molecule has 3 N–H and O–H groups in total. The first kappa shape index (κ1) is 14.6. The molecule has 2 unspecified atom stereocenters. The molecule has 1 aliphatic rings. The van der Waals surface area contributed by atoms with Gasteiger partial charge >= 0.3 is 0 Å². The molecule has 17 heavy (non-hydrogen) atoms. The second kappa shape index (κ2) is 5.92. The Hall–Kier alpha value is -0.470. The summed E-state index contributed by atoms with van der Waals surface area (Å²) in [6.07, 6.45) is 1.25. The Morgan fingerprint density at radius 3 is 2.88 bits per heavy atom. The van der Waals surface area contributed by atoms with Gasteiger partial charge in [-0.25, -0.2) is 8.42 Å². The van der Waals surface area contributed by atoms with Gasteiger partial charge in [0.2, 0.25) is 0 Å². The number of rotatable bonds is 4. The molecule has 0 radical (unpaired) electrons. The molecule has 0 bridgehead atoms. The normalized spacial score (nSPS) is 25.8. The van der Waals surface area contributed by atoms with Gasteiger partial charge in [0.25, 0.3) is 0 Å². The highest BCUT2D eigenvalue weighted by molar-refractivity contribution is 8.00. The topological polar surface area (TPSA) is 96.0 Å². The quantitative estimate of drug-likeness (QED) is 0.320. The van der Waals surface area contributed by atoms with Crippen molar-refractivity contribution in [3.05, 3.63) is 0 Å². The minimum Gasteiger partial charge on any atom is -0.409 e. The molecule has 0 aromatic rings. The van der Waals surface area contributed by atoms with Crippen molar-refractivity contribution in [3.8, 4) is 0 Å². The Bertz CT molecular complexity index is 383. The summed E-state index contributed by atoms with van der Waals surface area (Å²) in [6, 6.07) is 0. The predicted octanol–water partition coefficient (Wildman–Crippen LogP) is -0.212. The summed E-state index contributed by atoms with van der Waals surface area (Å²) < 4.78 is 23.3. The van der Waals surface area contributed by atoms with Crippen LogP contribution in [0.25, 0.3) is 0 Å². The van der Waals surface area contributed by atoms with Gasteiger partial charge in [0.05, 0.1) is 0 Å². The summed E-state index contributed by atoms with van der Waals surface area (Å²) in [6.45, 7) is 3.02. The molecule has 1 heterocycles. The van der Waals surface area contributed by atoms with Crippen molar-refractivity contribution >= 4 is 27.4 Å². The standard InChI is InChI=1S/C9H19N3O3S2/c1-7(9(10)11-13)5-12-3-4-16-6-8(12)17(2,14)15/h7-8,13H,3-6H2,1-2H3,(H2,10,11). The summed E-state index contributed by atoms with van der Waals surface area (Å²) in [7, 11) is -3.09. The van der Waals surface area contributed by atoms with Crippen LogP contribution in [-0.4, -0.2) is 60.6 Å². The highest BCUT2D eigenvalue weighted by atomic mass is 32.2. The molecule has 1 aliphatic heterocycles. The van der Waals surface area contributed by atoms with E-state index in [0.29, 0.717) is 18.8 Å². The fourth-order valence-corrected chi connectivity index (χ4v) is 4.72. The number of oxime groups is 1. The summed E-state index contributed by atoms with van der Waals surface area (Å²) in [5.74, 6) is 1.47. The summed E-state index contributed by atoms with van der Waals surface area (Å²) >= 11 is 1.64. The smallest absolute Gasteiger partial charge is 0.164 e. The van der Waals surface area contributed by atoms with Gasteiger partial charge in [0.1, 0.15) is 11.2 Å².